The maximum Gasteiger partial charge on any atom is 0.355 e. The third kappa shape index (κ3) is 6.88. The summed E-state index contributed by atoms with van der Waals surface area (Å²) in [6.07, 6.45) is 4.96. The molecule has 0 aliphatic rings. The number of non-ortho nitro benzene ring substituents is 1. The van der Waals surface area contributed by atoms with Crippen LogP contribution in [-0.4, -0.2) is 26.5 Å². The quantitative estimate of drug-likeness (QED) is 0.135. The van der Waals surface area contributed by atoms with Crippen molar-refractivity contribution in [2.75, 3.05) is 5.32 Å². The molecule has 0 saturated heterocycles. The fourth-order valence-corrected chi connectivity index (χ4v) is 3.48. The molecule has 0 aliphatic heterocycles. The van der Waals surface area contributed by atoms with Gasteiger partial charge in [0.25, 0.3) is 5.69 Å². The van der Waals surface area contributed by atoms with E-state index < -0.39 is 16.5 Å². The van der Waals surface area contributed by atoms with Gasteiger partial charge in [0.05, 0.1) is 28.8 Å². The number of carbonyl (C=O) groups excluding carboxylic acids is 1. The van der Waals surface area contributed by atoms with Crippen LogP contribution in [0.25, 0.3) is 17.3 Å². The van der Waals surface area contributed by atoms with Crippen molar-refractivity contribution in [3.05, 3.63) is 112 Å². The Hall–Kier alpha value is -4.79. The number of anilines is 1. The number of rotatable bonds is 8. The molecule has 0 bridgehead atoms. The van der Waals surface area contributed by atoms with Crippen LogP contribution in [-0.2, 0) is 16.0 Å². The molecule has 0 radical (unpaired) electrons. The van der Waals surface area contributed by atoms with E-state index in [0.717, 1.165) is 5.56 Å². The van der Waals surface area contributed by atoms with Gasteiger partial charge in [-0.3, -0.25) is 10.1 Å². The molecule has 0 spiro atoms. The van der Waals surface area contributed by atoms with E-state index >= 15 is 0 Å². The van der Waals surface area contributed by atoms with Crippen LogP contribution in [0, 0.1) is 10.1 Å². The number of nitrogens with one attached hydrogen (secondary N) is 1. The Labute approximate surface area is 214 Å². The number of hydrogen-bond donors (Lipinski definition) is 1. The molecule has 0 aliphatic carbocycles. The Morgan fingerprint density at radius 1 is 1.11 bits per heavy atom. The molecular formula is C28H26N4O5. The topological polar surface area (TPSA) is 120 Å². The molecule has 0 unspecified atom stereocenters. The van der Waals surface area contributed by atoms with Gasteiger partial charge in [0.15, 0.2) is 5.82 Å². The standard InChI is InChI=1S/C28H26N4O5/c1-28(2,3)37-27(33)24(17-22-13-8-14-36-22)31-26-23(15-19-9-5-4-6-10-19)30-25(18-29-26)20-11-7-12-21(16-20)32(34)35/h4-14,16-18H,15H2,1-3H3,(H,29,31). The van der Waals surface area contributed by atoms with E-state index in [0.29, 0.717) is 35.0 Å². The summed E-state index contributed by atoms with van der Waals surface area (Å²) in [6.45, 7) is 5.34. The minimum Gasteiger partial charge on any atom is -0.465 e. The second kappa shape index (κ2) is 10.9. The highest BCUT2D eigenvalue weighted by Gasteiger charge is 2.22. The van der Waals surface area contributed by atoms with Gasteiger partial charge < -0.3 is 14.5 Å². The third-order valence-corrected chi connectivity index (χ3v) is 5.11. The molecule has 0 amide bonds. The first-order valence-electron chi connectivity index (χ1n) is 11.6. The molecule has 2 aromatic heterocycles. The molecule has 2 heterocycles. The Kier molecular flexibility index (Phi) is 7.43. The van der Waals surface area contributed by atoms with Crippen molar-refractivity contribution in [1.82, 2.24) is 9.97 Å². The van der Waals surface area contributed by atoms with Gasteiger partial charge in [-0.15, -0.1) is 0 Å². The summed E-state index contributed by atoms with van der Waals surface area (Å²) in [5.74, 6) is 0.222. The molecule has 1 N–H and O–H groups in total. The van der Waals surface area contributed by atoms with Crippen LogP contribution < -0.4 is 5.32 Å². The molecule has 0 atom stereocenters. The Morgan fingerprint density at radius 3 is 2.57 bits per heavy atom. The average molecular weight is 499 g/mol. The second-order valence-corrected chi connectivity index (χ2v) is 9.22. The molecule has 188 valence electrons. The first-order chi connectivity index (χ1) is 17.7. The molecule has 0 saturated carbocycles. The molecule has 2 aromatic carbocycles. The number of carbonyl (C=O) groups is 1. The Morgan fingerprint density at radius 2 is 1.89 bits per heavy atom. The zero-order chi connectivity index (χ0) is 26.4. The summed E-state index contributed by atoms with van der Waals surface area (Å²) in [5.41, 5.74) is 1.91. The Bertz CT molecular complexity index is 1420. The summed E-state index contributed by atoms with van der Waals surface area (Å²) in [7, 11) is 0. The van der Waals surface area contributed by atoms with Crippen molar-refractivity contribution >= 4 is 23.6 Å². The highest BCUT2D eigenvalue weighted by Crippen LogP contribution is 2.26. The normalized spacial score (nSPS) is 11.7. The smallest absolute Gasteiger partial charge is 0.355 e. The number of ether oxygens (including phenoxy) is 1. The number of benzene rings is 2. The highest BCUT2D eigenvalue weighted by atomic mass is 16.6. The van der Waals surface area contributed by atoms with E-state index in [9.17, 15) is 14.9 Å². The fourth-order valence-electron chi connectivity index (χ4n) is 3.48. The van der Waals surface area contributed by atoms with Crippen molar-refractivity contribution in [3.8, 4) is 11.3 Å². The predicted octanol–water partition coefficient (Wildman–Crippen LogP) is 6.03. The number of hydrogen-bond acceptors (Lipinski definition) is 8. The van der Waals surface area contributed by atoms with Crippen LogP contribution in [0.2, 0.25) is 0 Å². The van der Waals surface area contributed by atoms with Gasteiger partial charge >= 0.3 is 5.97 Å². The number of nitrogens with zero attached hydrogens (tertiary/aromatic N) is 3. The monoisotopic (exact) mass is 498 g/mol. The zero-order valence-corrected chi connectivity index (χ0v) is 20.7. The lowest BCUT2D eigenvalue weighted by atomic mass is 10.1. The van der Waals surface area contributed by atoms with Crippen LogP contribution in [0.4, 0.5) is 11.5 Å². The molecule has 4 aromatic rings. The van der Waals surface area contributed by atoms with Crippen molar-refractivity contribution < 1.29 is 18.9 Å². The van der Waals surface area contributed by atoms with E-state index in [2.05, 4.69) is 10.3 Å². The van der Waals surface area contributed by atoms with Gasteiger partial charge in [-0.05, 0) is 38.5 Å². The maximum atomic E-state index is 13.0. The summed E-state index contributed by atoms with van der Waals surface area (Å²) < 4.78 is 11.0. The van der Waals surface area contributed by atoms with Crippen molar-refractivity contribution in [2.45, 2.75) is 32.8 Å². The van der Waals surface area contributed by atoms with Gasteiger partial charge in [0.1, 0.15) is 17.1 Å². The van der Waals surface area contributed by atoms with Gasteiger partial charge in [0.2, 0.25) is 0 Å². The molecule has 9 nitrogen and oxygen atoms in total. The lowest BCUT2D eigenvalue weighted by Gasteiger charge is -2.21. The van der Waals surface area contributed by atoms with Crippen molar-refractivity contribution in [3.63, 3.8) is 0 Å². The van der Waals surface area contributed by atoms with Gasteiger partial charge in [-0.2, -0.15) is 0 Å². The van der Waals surface area contributed by atoms with Crippen LogP contribution in [0.3, 0.4) is 0 Å². The number of nitro benzene ring substituents is 1. The minimum atomic E-state index is -0.717. The van der Waals surface area contributed by atoms with E-state index in [1.165, 1.54) is 30.7 Å². The van der Waals surface area contributed by atoms with Gasteiger partial charge in [-0.1, -0.05) is 42.5 Å². The van der Waals surface area contributed by atoms with Gasteiger partial charge in [0, 0.05) is 30.2 Å². The second-order valence-electron chi connectivity index (χ2n) is 9.22. The number of aromatic nitrogens is 2. The molecule has 9 heteroatoms. The molecular weight excluding hydrogens is 472 g/mol. The average Bonchev–Trinajstić information content (AvgIpc) is 3.37. The number of furan rings is 1. The SMILES string of the molecule is CC(C)(C)OC(=O)C(=Cc1ccco1)Nc1ncc(-c2cccc([N+](=O)[O-])c2)nc1Cc1ccccc1. The zero-order valence-electron chi connectivity index (χ0n) is 20.7. The van der Waals surface area contributed by atoms with Gasteiger partial charge in [-0.25, -0.2) is 14.8 Å². The summed E-state index contributed by atoms with van der Waals surface area (Å²) in [5, 5.41) is 14.3. The van der Waals surface area contributed by atoms with E-state index in [1.54, 1.807) is 45.0 Å². The first kappa shape index (κ1) is 25.3. The number of esters is 1. The first-order valence-corrected chi connectivity index (χ1v) is 11.6. The minimum absolute atomic E-state index is 0.0419. The van der Waals surface area contributed by atoms with Crippen LogP contribution in [0.1, 0.15) is 37.8 Å². The third-order valence-electron chi connectivity index (χ3n) is 5.11. The lowest BCUT2D eigenvalue weighted by molar-refractivity contribution is -0.384. The van der Waals surface area contributed by atoms with Crippen LogP contribution in [0.15, 0.2) is 89.3 Å². The summed E-state index contributed by atoms with van der Waals surface area (Å²) in [4.78, 5) is 33.2. The van der Waals surface area contributed by atoms with E-state index in [4.69, 9.17) is 14.1 Å². The van der Waals surface area contributed by atoms with Crippen LogP contribution >= 0.6 is 0 Å². The molecule has 37 heavy (non-hydrogen) atoms. The molecule has 0 fully saturated rings. The number of nitro groups is 1. The predicted molar refractivity (Wildman–Crippen MR) is 140 cm³/mol. The van der Waals surface area contributed by atoms with E-state index in [-0.39, 0.29) is 11.4 Å². The van der Waals surface area contributed by atoms with E-state index in [1.807, 2.05) is 30.3 Å². The summed E-state index contributed by atoms with van der Waals surface area (Å²) >= 11 is 0. The maximum absolute atomic E-state index is 13.0. The largest absolute Gasteiger partial charge is 0.465 e. The van der Waals surface area contributed by atoms with Crippen molar-refractivity contribution in [1.29, 1.82) is 0 Å². The van der Waals surface area contributed by atoms with Crippen molar-refractivity contribution in [2.24, 2.45) is 0 Å². The Balaban J connectivity index is 1.76. The fraction of sp³-hybridized carbons (Fsp3) is 0.179. The lowest BCUT2D eigenvalue weighted by Crippen LogP contribution is -2.27. The molecule has 4 rings (SSSR count). The van der Waals surface area contributed by atoms with Crippen LogP contribution in [0.5, 0.6) is 0 Å². The highest BCUT2D eigenvalue weighted by molar-refractivity contribution is 5.96. The summed E-state index contributed by atoms with van der Waals surface area (Å²) in [6, 6.07) is 19.3.